The Hall–Kier alpha value is 0.0700. The Morgan fingerprint density at radius 3 is 2.50 bits per heavy atom. The molecule has 0 aromatic carbocycles. The van der Waals surface area contributed by atoms with Crippen LogP contribution in [0.25, 0.3) is 0 Å². The van der Waals surface area contributed by atoms with Crippen molar-refractivity contribution >= 4 is 11.1 Å². The maximum Gasteiger partial charge on any atom is 0.157 e. The first-order valence-electron chi connectivity index (χ1n) is 5.45. The molecule has 4 heteroatoms. The minimum absolute atomic E-state index is 0.117. The summed E-state index contributed by atoms with van der Waals surface area (Å²) in [5.74, 6) is 0.876. The van der Waals surface area contributed by atoms with Crippen LogP contribution < -0.4 is 0 Å². The van der Waals surface area contributed by atoms with E-state index in [-0.39, 0.29) is 5.25 Å². The maximum atomic E-state index is 10.8. The molecule has 1 N–H and O–H groups in total. The predicted octanol–water partition coefficient (Wildman–Crippen LogP) is 1.72. The van der Waals surface area contributed by atoms with Gasteiger partial charge in [0.15, 0.2) is 11.1 Å². The van der Waals surface area contributed by atoms with Crippen LogP contribution in [0.15, 0.2) is 0 Å². The van der Waals surface area contributed by atoms with Crippen molar-refractivity contribution in [3.8, 4) is 0 Å². The fraction of sp³-hybridized carbons (Fsp3) is 1.00. The van der Waals surface area contributed by atoms with Crippen LogP contribution in [0.4, 0.5) is 0 Å². The summed E-state index contributed by atoms with van der Waals surface area (Å²) < 4.78 is 19.7. The van der Waals surface area contributed by atoms with Crippen LogP contribution in [0.5, 0.6) is 0 Å². The lowest BCUT2D eigenvalue weighted by Gasteiger charge is -2.32. The van der Waals surface area contributed by atoms with Gasteiger partial charge in [-0.2, -0.15) is 0 Å². The van der Waals surface area contributed by atoms with Gasteiger partial charge in [-0.25, -0.2) is 4.21 Å². The molecule has 1 fully saturated rings. The summed E-state index contributed by atoms with van der Waals surface area (Å²) in [7, 11) is 0. The van der Waals surface area contributed by atoms with Gasteiger partial charge < -0.3 is 9.45 Å². The molecule has 14 heavy (non-hydrogen) atoms. The van der Waals surface area contributed by atoms with Crippen molar-refractivity contribution in [2.45, 2.75) is 38.4 Å². The summed E-state index contributed by atoms with van der Waals surface area (Å²) >= 11 is -1.66. The van der Waals surface area contributed by atoms with Gasteiger partial charge in [0.05, 0.1) is 5.25 Å². The van der Waals surface area contributed by atoms with Gasteiger partial charge in [0, 0.05) is 6.54 Å². The lowest BCUT2D eigenvalue weighted by Crippen LogP contribution is -2.39. The fourth-order valence-electron chi connectivity index (χ4n) is 2.00. The summed E-state index contributed by atoms with van der Waals surface area (Å²) in [4.78, 5) is 2.31. The Kier molecular flexibility index (Phi) is 5.06. The van der Waals surface area contributed by atoms with Crippen LogP contribution in [0.3, 0.4) is 0 Å². The molecule has 3 nitrogen and oxygen atoms in total. The highest BCUT2D eigenvalue weighted by molar-refractivity contribution is 7.79. The van der Waals surface area contributed by atoms with Crippen molar-refractivity contribution in [2.24, 2.45) is 5.92 Å². The van der Waals surface area contributed by atoms with E-state index in [9.17, 15) is 4.21 Å². The normalized spacial score (nSPS) is 24.8. The summed E-state index contributed by atoms with van der Waals surface area (Å²) in [5.41, 5.74) is 0. The molecule has 2 atom stereocenters. The minimum Gasteiger partial charge on any atom is -0.306 e. The van der Waals surface area contributed by atoms with Crippen LogP contribution >= 0.6 is 0 Å². The smallest absolute Gasteiger partial charge is 0.157 e. The highest BCUT2D eigenvalue weighted by Crippen LogP contribution is 2.20. The standard InChI is InChI=1S/C10H21NO2S/c1-3-10-4-6-11(7-5-10)8-9(2)14(12)13/h9-10H,3-8H2,1-2H3,(H,12,13). The first-order chi connectivity index (χ1) is 6.63. The fourth-order valence-corrected chi connectivity index (χ4v) is 2.34. The van der Waals surface area contributed by atoms with Crippen molar-refractivity contribution < 1.29 is 8.76 Å². The zero-order chi connectivity index (χ0) is 10.6. The average Bonchev–Trinajstić information content (AvgIpc) is 2.19. The average molecular weight is 219 g/mol. The number of hydrogen-bond acceptors (Lipinski definition) is 2. The predicted molar refractivity (Wildman–Crippen MR) is 59.7 cm³/mol. The zero-order valence-corrected chi connectivity index (χ0v) is 9.92. The van der Waals surface area contributed by atoms with Crippen LogP contribution in [-0.4, -0.2) is 38.5 Å². The van der Waals surface area contributed by atoms with Gasteiger partial charge in [0.25, 0.3) is 0 Å². The van der Waals surface area contributed by atoms with E-state index in [0.29, 0.717) is 0 Å². The molecule has 2 unspecified atom stereocenters. The molecular formula is C10H21NO2S. The number of nitrogens with zero attached hydrogens (tertiary/aromatic N) is 1. The monoisotopic (exact) mass is 219 g/mol. The van der Waals surface area contributed by atoms with Gasteiger partial charge in [-0.3, -0.25) is 0 Å². The Morgan fingerprint density at radius 1 is 1.50 bits per heavy atom. The molecule has 1 saturated heterocycles. The highest BCUT2D eigenvalue weighted by atomic mass is 32.2. The molecule has 1 aliphatic rings. The van der Waals surface area contributed by atoms with E-state index in [1.807, 2.05) is 6.92 Å². The van der Waals surface area contributed by atoms with Crippen LogP contribution in [0.1, 0.15) is 33.1 Å². The zero-order valence-electron chi connectivity index (χ0n) is 9.11. The van der Waals surface area contributed by atoms with Crippen LogP contribution in [0.2, 0.25) is 0 Å². The lowest BCUT2D eigenvalue weighted by molar-refractivity contribution is 0.182. The molecule has 1 aliphatic heterocycles. The summed E-state index contributed by atoms with van der Waals surface area (Å²) in [5, 5.41) is -0.117. The molecule has 0 radical (unpaired) electrons. The van der Waals surface area contributed by atoms with E-state index in [1.165, 1.54) is 19.3 Å². The molecule has 0 aliphatic carbocycles. The van der Waals surface area contributed by atoms with Crippen molar-refractivity contribution in [3.63, 3.8) is 0 Å². The molecule has 1 rings (SSSR count). The Balaban J connectivity index is 2.25. The maximum absolute atomic E-state index is 10.8. The summed E-state index contributed by atoms with van der Waals surface area (Å²) in [6.45, 7) is 7.04. The van der Waals surface area contributed by atoms with E-state index in [2.05, 4.69) is 11.8 Å². The van der Waals surface area contributed by atoms with Crippen LogP contribution in [0, 0.1) is 5.92 Å². The Labute approximate surface area is 89.2 Å². The first kappa shape index (κ1) is 12.1. The number of hydrogen-bond donors (Lipinski definition) is 1. The lowest BCUT2D eigenvalue weighted by atomic mass is 9.94. The van der Waals surface area contributed by atoms with Crippen molar-refractivity contribution in [1.82, 2.24) is 4.90 Å². The first-order valence-corrected chi connectivity index (χ1v) is 6.62. The summed E-state index contributed by atoms with van der Waals surface area (Å²) in [6.07, 6.45) is 3.78. The van der Waals surface area contributed by atoms with E-state index >= 15 is 0 Å². The largest absolute Gasteiger partial charge is 0.306 e. The van der Waals surface area contributed by atoms with Crippen molar-refractivity contribution in [1.29, 1.82) is 0 Å². The third-order valence-electron chi connectivity index (χ3n) is 3.14. The van der Waals surface area contributed by atoms with Crippen molar-refractivity contribution in [2.75, 3.05) is 19.6 Å². The van der Waals surface area contributed by atoms with Crippen LogP contribution in [-0.2, 0) is 11.1 Å². The number of rotatable bonds is 4. The van der Waals surface area contributed by atoms with Gasteiger partial charge >= 0.3 is 0 Å². The number of piperidine rings is 1. The quantitative estimate of drug-likeness (QED) is 0.732. The molecule has 0 amide bonds. The topological polar surface area (TPSA) is 40.5 Å². The second-order valence-electron chi connectivity index (χ2n) is 4.24. The molecule has 0 aromatic heterocycles. The van der Waals surface area contributed by atoms with Gasteiger partial charge in [-0.05, 0) is 38.8 Å². The van der Waals surface area contributed by atoms with Crippen molar-refractivity contribution in [3.05, 3.63) is 0 Å². The molecule has 0 aromatic rings. The van der Waals surface area contributed by atoms with E-state index in [4.69, 9.17) is 4.55 Å². The van der Waals surface area contributed by atoms with E-state index < -0.39 is 11.1 Å². The second kappa shape index (κ2) is 5.83. The van der Waals surface area contributed by atoms with Gasteiger partial charge in [0.2, 0.25) is 0 Å². The molecule has 84 valence electrons. The molecule has 0 spiro atoms. The number of likely N-dealkylation sites (tertiary alicyclic amines) is 1. The Morgan fingerprint density at radius 2 is 2.07 bits per heavy atom. The van der Waals surface area contributed by atoms with Gasteiger partial charge in [0.1, 0.15) is 0 Å². The van der Waals surface area contributed by atoms with Gasteiger partial charge in [-0.1, -0.05) is 13.3 Å². The third kappa shape index (κ3) is 3.67. The summed E-state index contributed by atoms with van der Waals surface area (Å²) in [6, 6.07) is 0. The highest BCUT2D eigenvalue weighted by Gasteiger charge is 2.20. The van der Waals surface area contributed by atoms with E-state index in [1.54, 1.807) is 0 Å². The second-order valence-corrected chi connectivity index (χ2v) is 5.60. The SMILES string of the molecule is CCC1CCN(CC(C)S(=O)O)CC1. The molecule has 0 bridgehead atoms. The van der Waals surface area contributed by atoms with Gasteiger partial charge in [-0.15, -0.1) is 0 Å². The minimum atomic E-state index is -1.66. The Bertz CT molecular complexity index is 191. The third-order valence-corrected chi connectivity index (χ3v) is 3.98. The molecule has 1 heterocycles. The molecular weight excluding hydrogens is 198 g/mol. The molecule has 0 saturated carbocycles. The van der Waals surface area contributed by atoms with E-state index in [0.717, 1.165) is 25.6 Å².